The van der Waals surface area contributed by atoms with Gasteiger partial charge in [0, 0.05) is 5.56 Å². The molecule has 0 unspecified atom stereocenters. The van der Waals surface area contributed by atoms with E-state index in [1.54, 1.807) is 4.98 Å². The summed E-state index contributed by atoms with van der Waals surface area (Å²) in [6.45, 7) is 0.0949. The maximum absolute atomic E-state index is 13.3. The molecule has 7 nitrogen and oxygen atoms in total. The third kappa shape index (κ3) is 4.00. The second kappa shape index (κ2) is 6.98. The fourth-order valence-corrected chi connectivity index (χ4v) is 2.36. The number of halogens is 3. The maximum Gasteiger partial charge on any atom is 0.431 e. The Morgan fingerprint density at radius 1 is 1.26 bits per heavy atom. The van der Waals surface area contributed by atoms with E-state index in [1.807, 2.05) is 0 Å². The molecule has 0 aliphatic carbocycles. The van der Waals surface area contributed by atoms with Gasteiger partial charge in [-0.15, -0.1) is 0 Å². The summed E-state index contributed by atoms with van der Waals surface area (Å²) in [6, 6.07) is 6.45. The van der Waals surface area contributed by atoms with Crippen LogP contribution < -0.4 is 16.0 Å². The van der Waals surface area contributed by atoms with Gasteiger partial charge in [0.15, 0.2) is 12.2 Å². The Bertz CT molecular complexity index is 1010. The summed E-state index contributed by atoms with van der Waals surface area (Å²) in [7, 11) is 0. The lowest BCUT2D eigenvalue weighted by Gasteiger charge is -2.14. The van der Waals surface area contributed by atoms with Gasteiger partial charge in [-0.05, 0) is 23.8 Å². The standard InChI is InChI=1S/C17H12F3N3O4/c18-17(19,20)14-12(5-13(15(21)24)16(25)23-14)9-1-3-10(4-2-9)26-7-11-6-22-8-27-11/h1-6,8H,7H2,(H2,21,24)(H,23,25). The zero-order valence-corrected chi connectivity index (χ0v) is 13.5. The van der Waals surface area contributed by atoms with E-state index >= 15 is 0 Å². The fraction of sp³-hybridized carbons (Fsp3) is 0.118. The maximum atomic E-state index is 13.3. The average Bonchev–Trinajstić information content (AvgIpc) is 3.13. The molecule has 0 aliphatic heterocycles. The highest BCUT2D eigenvalue weighted by atomic mass is 19.4. The number of hydrogen-bond acceptors (Lipinski definition) is 5. The Morgan fingerprint density at radius 2 is 1.96 bits per heavy atom. The van der Waals surface area contributed by atoms with Crippen molar-refractivity contribution in [2.75, 3.05) is 0 Å². The number of aromatic amines is 1. The summed E-state index contributed by atoms with van der Waals surface area (Å²) >= 11 is 0. The molecule has 1 aromatic carbocycles. The lowest BCUT2D eigenvalue weighted by atomic mass is 10.0. The monoisotopic (exact) mass is 379 g/mol. The van der Waals surface area contributed by atoms with Crippen molar-refractivity contribution in [3.63, 3.8) is 0 Å². The number of H-pyrrole nitrogens is 1. The molecule has 2 aromatic heterocycles. The summed E-state index contributed by atoms with van der Waals surface area (Å²) in [5.74, 6) is -0.272. The van der Waals surface area contributed by atoms with Crippen molar-refractivity contribution in [2.45, 2.75) is 12.8 Å². The van der Waals surface area contributed by atoms with Crippen molar-refractivity contribution in [1.82, 2.24) is 9.97 Å². The predicted octanol–water partition coefficient (Wildman–Crippen LogP) is 2.73. The minimum Gasteiger partial charge on any atom is -0.486 e. The Morgan fingerprint density at radius 3 is 2.52 bits per heavy atom. The van der Waals surface area contributed by atoms with Crippen molar-refractivity contribution in [3.8, 4) is 16.9 Å². The first-order valence-electron chi connectivity index (χ1n) is 7.50. The molecule has 10 heteroatoms. The molecular formula is C17H12F3N3O4. The third-order valence-electron chi connectivity index (χ3n) is 3.62. The highest BCUT2D eigenvalue weighted by Crippen LogP contribution is 2.35. The van der Waals surface area contributed by atoms with Crippen molar-refractivity contribution in [3.05, 3.63) is 70.3 Å². The molecular weight excluding hydrogens is 367 g/mol. The van der Waals surface area contributed by atoms with Crippen LogP contribution in [0.2, 0.25) is 0 Å². The van der Waals surface area contributed by atoms with Crippen LogP contribution in [0, 0.1) is 0 Å². The quantitative estimate of drug-likeness (QED) is 0.708. The topological polar surface area (TPSA) is 111 Å². The first-order valence-corrected chi connectivity index (χ1v) is 7.50. The van der Waals surface area contributed by atoms with Crippen molar-refractivity contribution in [2.24, 2.45) is 5.73 Å². The van der Waals surface area contributed by atoms with Gasteiger partial charge in [0.25, 0.3) is 11.5 Å². The number of benzene rings is 1. The Balaban J connectivity index is 1.95. The molecule has 3 N–H and O–H groups in total. The van der Waals surface area contributed by atoms with Crippen LogP contribution in [0.3, 0.4) is 0 Å². The first-order chi connectivity index (χ1) is 12.8. The van der Waals surface area contributed by atoms with Crippen LogP contribution in [-0.4, -0.2) is 15.9 Å². The number of rotatable bonds is 5. The number of alkyl halides is 3. The molecule has 0 spiro atoms. The second-order valence-electron chi connectivity index (χ2n) is 5.44. The van der Waals surface area contributed by atoms with E-state index in [2.05, 4.69) is 4.98 Å². The minimum atomic E-state index is -4.83. The normalized spacial score (nSPS) is 11.4. The molecule has 3 aromatic rings. The number of carbonyl (C=O) groups is 1. The molecule has 3 rings (SSSR count). The second-order valence-corrected chi connectivity index (χ2v) is 5.44. The molecule has 27 heavy (non-hydrogen) atoms. The Hall–Kier alpha value is -3.56. The van der Waals surface area contributed by atoms with Gasteiger partial charge >= 0.3 is 6.18 Å². The largest absolute Gasteiger partial charge is 0.486 e. The van der Waals surface area contributed by atoms with Gasteiger partial charge in [0.2, 0.25) is 0 Å². The highest BCUT2D eigenvalue weighted by molar-refractivity contribution is 5.93. The fourth-order valence-electron chi connectivity index (χ4n) is 2.36. The number of oxazole rings is 1. The molecule has 0 atom stereocenters. The molecule has 0 radical (unpaired) electrons. The van der Waals surface area contributed by atoms with E-state index in [-0.39, 0.29) is 17.7 Å². The number of hydrogen-bond donors (Lipinski definition) is 2. The van der Waals surface area contributed by atoms with Crippen LogP contribution >= 0.6 is 0 Å². The number of nitrogens with two attached hydrogens (primary N) is 1. The number of nitrogens with one attached hydrogen (secondary N) is 1. The number of pyridine rings is 1. The average molecular weight is 379 g/mol. The number of ether oxygens (including phenoxy) is 1. The summed E-state index contributed by atoms with van der Waals surface area (Å²) < 4.78 is 50.3. The van der Waals surface area contributed by atoms with E-state index in [0.717, 1.165) is 6.07 Å². The van der Waals surface area contributed by atoms with Crippen LogP contribution in [0.4, 0.5) is 13.2 Å². The lowest BCUT2D eigenvalue weighted by Crippen LogP contribution is -2.27. The van der Waals surface area contributed by atoms with Gasteiger partial charge in [-0.1, -0.05) is 12.1 Å². The Kier molecular flexibility index (Phi) is 4.72. The van der Waals surface area contributed by atoms with Gasteiger partial charge in [-0.2, -0.15) is 13.2 Å². The third-order valence-corrected chi connectivity index (χ3v) is 3.62. The highest BCUT2D eigenvalue weighted by Gasteiger charge is 2.36. The lowest BCUT2D eigenvalue weighted by molar-refractivity contribution is -0.140. The number of carbonyl (C=O) groups excluding carboxylic acids is 1. The zero-order chi connectivity index (χ0) is 19.6. The van der Waals surface area contributed by atoms with E-state index in [9.17, 15) is 22.8 Å². The van der Waals surface area contributed by atoms with Crippen LogP contribution in [0.5, 0.6) is 5.75 Å². The number of amides is 1. The molecule has 0 fully saturated rings. The number of nitrogens with zero attached hydrogens (tertiary/aromatic N) is 1. The van der Waals surface area contributed by atoms with Gasteiger partial charge in [0.1, 0.15) is 23.6 Å². The molecule has 1 amide bonds. The molecule has 0 saturated carbocycles. The first kappa shape index (κ1) is 18.2. The van der Waals surface area contributed by atoms with Crippen molar-refractivity contribution >= 4 is 5.91 Å². The molecule has 2 heterocycles. The van der Waals surface area contributed by atoms with Crippen molar-refractivity contribution < 1.29 is 27.1 Å². The molecule has 0 aliphatic rings. The molecule has 0 bridgehead atoms. The molecule has 140 valence electrons. The SMILES string of the molecule is NC(=O)c1cc(-c2ccc(OCc3cnco3)cc2)c(C(F)(F)F)[nH]c1=O. The summed E-state index contributed by atoms with van der Waals surface area (Å²) in [4.78, 5) is 28.4. The van der Waals surface area contributed by atoms with Crippen LogP contribution in [0.15, 0.2) is 52.1 Å². The summed E-state index contributed by atoms with van der Waals surface area (Å²) in [5, 5.41) is 0. The predicted molar refractivity (Wildman–Crippen MR) is 86.9 cm³/mol. The van der Waals surface area contributed by atoms with Crippen LogP contribution in [0.25, 0.3) is 11.1 Å². The van der Waals surface area contributed by atoms with Gasteiger partial charge in [-0.25, -0.2) is 4.98 Å². The van der Waals surface area contributed by atoms with Gasteiger partial charge in [0.05, 0.1) is 6.20 Å². The number of primary amides is 1. The van der Waals surface area contributed by atoms with E-state index < -0.39 is 28.9 Å². The van der Waals surface area contributed by atoms with E-state index in [1.165, 1.54) is 36.9 Å². The van der Waals surface area contributed by atoms with Crippen molar-refractivity contribution in [1.29, 1.82) is 0 Å². The van der Waals surface area contributed by atoms with Gasteiger partial charge in [-0.3, -0.25) is 9.59 Å². The summed E-state index contributed by atoms with van der Waals surface area (Å²) in [6.07, 6.45) is -2.12. The zero-order valence-electron chi connectivity index (χ0n) is 13.5. The summed E-state index contributed by atoms with van der Waals surface area (Å²) in [5.41, 5.74) is 1.76. The van der Waals surface area contributed by atoms with E-state index in [4.69, 9.17) is 14.9 Å². The minimum absolute atomic E-state index is 0.0949. The van der Waals surface area contributed by atoms with E-state index in [0.29, 0.717) is 11.5 Å². The van der Waals surface area contributed by atoms with Crippen LogP contribution in [-0.2, 0) is 12.8 Å². The smallest absolute Gasteiger partial charge is 0.431 e. The molecule has 0 saturated heterocycles. The Labute approximate surface area is 149 Å². The number of aromatic nitrogens is 2. The van der Waals surface area contributed by atoms with Gasteiger partial charge < -0.3 is 19.9 Å². The van der Waals surface area contributed by atoms with Crippen LogP contribution in [0.1, 0.15) is 21.8 Å².